The Bertz CT molecular complexity index is 942. The van der Waals surface area contributed by atoms with E-state index in [0.717, 1.165) is 5.56 Å². The van der Waals surface area contributed by atoms with Crippen LogP contribution in [0.1, 0.15) is 18.5 Å². The number of aromatic nitrogens is 4. The Balaban J connectivity index is 0.00000300. The smallest absolute Gasteiger partial charge is 0.236 e. The number of nitrogens with two attached hydrogens (primary N) is 1. The van der Waals surface area contributed by atoms with Gasteiger partial charge in [0.1, 0.15) is 23.3 Å². The second kappa shape index (κ2) is 10.1. The molecule has 152 valence electrons. The van der Waals surface area contributed by atoms with Crippen molar-refractivity contribution in [2.75, 3.05) is 22.5 Å². The molecule has 9 nitrogen and oxygen atoms in total. The number of hydrogen-bond acceptors (Lipinski definition) is 8. The Labute approximate surface area is 172 Å². The van der Waals surface area contributed by atoms with Gasteiger partial charge in [-0.2, -0.15) is 9.97 Å². The molecule has 0 saturated heterocycles. The molecule has 0 aliphatic rings. The highest BCUT2D eigenvalue weighted by Gasteiger charge is 2.11. The van der Waals surface area contributed by atoms with E-state index >= 15 is 0 Å². The van der Waals surface area contributed by atoms with Crippen LogP contribution in [-0.4, -0.2) is 32.4 Å². The summed E-state index contributed by atoms with van der Waals surface area (Å²) in [5, 5.41) is 9.02. The maximum absolute atomic E-state index is 13.1. The summed E-state index contributed by atoms with van der Waals surface area (Å²) in [6.07, 6.45) is 4.65. The molecule has 2 heterocycles. The molecule has 11 heteroatoms. The number of amides is 1. The van der Waals surface area contributed by atoms with Gasteiger partial charge >= 0.3 is 0 Å². The maximum atomic E-state index is 13.1. The number of carbonyl (C=O) groups is 1. The molecule has 3 rings (SSSR count). The van der Waals surface area contributed by atoms with Crippen molar-refractivity contribution in [1.29, 1.82) is 0 Å². The van der Waals surface area contributed by atoms with Gasteiger partial charge in [0.25, 0.3) is 0 Å². The van der Waals surface area contributed by atoms with Crippen LogP contribution >= 0.6 is 12.4 Å². The fourth-order valence-corrected chi connectivity index (χ4v) is 2.37. The molecule has 0 fully saturated rings. The van der Waals surface area contributed by atoms with Gasteiger partial charge in [0.05, 0.1) is 18.8 Å². The van der Waals surface area contributed by atoms with Gasteiger partial charge < -0.3 is 21.7 Å². The molecule has 1 aromatic carbocycles. The quantitative estimate of drug-likeness (QED) is 0.439. The number of primary amides is 1. The van der Waals surface area contributed by atoms with Gasteiger partial charge in [0, 0.05) is 18.5 Å². The minimum absolute atomic E-state index is 0. The monoisotopic (exact) mass is 418 g/mol. The number of halogens is 2. The highest BCUT2D eigenvalue weighted by atomic mass is 35.5. The van der Waals surface area contributed by atoms with Crippen molar-refractivity contribution < 1.29 is 9.18 Å². The van der Waals surface area contributed by atoms with Crippen LogP contribution in [-0.2, 0) is 4.79 Å². The van der Waals surface area contributed by atoms with E-state index in [0.29, 0.717) is 23.4 Å². The highest BCUT2D eigenvalue weighted by Crippen LogP contribution is 2.21. The molecule has 0 spiro atoms. The van der Waals surface area contributed by atoms with Crippen molar-refractivity contribution in [3.8, 4) is 0 Å². The van der Waals surface area contributed by atoms with Crippen LogP contribution in [0.5, 0.6) is 0 Å². The van der Waals surface area contributed by atoms with E-state index in [1.54, 1.807) is 36.8 Å². The van der Waals surface area contributed by atoms with E-state index < -0.39 is 5.91 Å². The molecule has 2 aromatic heterocycles. The lowest BCUT2D eigenvalue weighted by molar-refractivity contribution is -0.116. The van der Waals surface area contributed by atoms with Crippen molar-refractivity contribution in [3.63, 3.8) is 0 Å². The van der Waals surface area contributed by atoms with Crippen LogP contribution in [0.15, 0.2) is 48.9 Å². The maximum Gasteiger partial charge on any atom is 0.236 e. The van der Waals surface area contributed by atoms with Crippen LogP contribution < -0.4 is 21.7 Å². The number of carbonyl (C=O) groups excluding carboxylic acids is 1. The van der Waals surface area contributed by atoms with Gasteiger partial charge in [0.15, 0.2) is 0 Å². The summed E-state index contributed by atoms with van der Waals surface area (Å²) in [5.74, 6) is 0.819. The average molecular weight is 419 g/mol. The SMILES string of the molecule is C[C@H](Nc1nc(NCC(N)=O)cc(Nc2cnccn2)n1)c1ccc(F)cc1.Cl. The lowest BCUT2D eigenvalue weighted by Gasteiger charge is -2.16. The van der Waals surface area contributed by atoms with E-state index in [-0.39, 0.29) is 30.8 Å². The molecule has 1 atom stereocenters. The van der Waals surface area contributed by atoms with Gasteiger partial charge in [-0.05, 0) is 24.6 Å². The lowest BCUT2D eigenvalue weighted by atomic mass is 10.1. The van der Waals surface area contributed by atoms with Gasteiger partial charge in [-0.1, -0.05) is 12.1 Å². The van der Waals surface area contributed by atoms with Crippen molar-refractivity contribution >= 4 is 41.7 Å². The first-order chi connectivity index (χ1) is 13.5. The predicted octanol–water partition coefficient (Wildman–Crippen LogP) is 2.64. The molecule has 5 N–H and O–H groups in total. The zero-order valence-electron chi connectivity index (χ0n) is 15.5. The Kier molecular flexibility index (Phi) is 7.61. The number of hydrogen-bond donors (Lipinski definition) is 4. The van der Waals surface area contributed by atoms with Crippen molar-refractivity contribution in [1.82, 2.24) is 19.9 Å². The minimum atomic E-state index is -0.517. The zero-order chi connectivity index (χ0) is 19.9. The number of rotatable bonds is 8. The summed E-state index contributed by atoms with van der Waals surface area (Å²) in [7, 11) is 0. The molecule has 0 saturated carbocycles. The van der Waals surface area contributed by atoms with Crippen LogP contribution in [0.2, 0.25) is 0 Å². The summed E-state index contributed by atoms with van der Waals surface area (Å²) in [4.78, 5) is 27.9. The topological polar surface area (TPSA) is 131 Å². The fraction of sp³-hybridized carbons (Fsp3) is 0.167. The predicted molar refractivity (Wildman–Crippen MR) is 111 cm³/mol. The first-order valence-electron chi connectivity index (χ1n) is 8.46. The second-order valence-corrected chi connectivity index (χ2v) is 5.92. The lowest BCUT2D eigenvalue weighted by Crippen LogP contribution is -2.22. The number of nitrogens with zero attached hydrogens (tertiary/aromatic N) is 4. The summed E-state index contributed by atoms with van der Waals surface area (Å²) < 4.78 is 13.1. The molecule has 0 radical (unpaired) electrons. The first kappa shape index (κ1) is 21.8. The zero-order valence-corrected chi connectivity index (χ0v) is 16.3. The van der Waals surface area contributed by atoms with Crippen molar-refractivity contribution in [3.05, 3.63) is 60.3 Å². The Morgan fingerprint density at radius 2 is 1.86 bits per heavy atom. The van der Waals surface area contributed by atoms with Gasteiger partial charge in [-0.25, -0.2) is 9.37 Å². The van der Waals surface area contributed by atoms with E-state index in [1.807, 2.05) is 6.92 Å². The summed E-state index contributed by atoms with van der Waals surface area (Å²) in [6.45, 7) is 1.82. The van der Waals surface area contributed by atoms with Crippen molar-refractivity contribution in [2.45, 2.75) is 13.0 Å². The summed E-state index contributed by atoms with van der Waals surface area (Å²) >= 11 is 0. The van der Waals surface area contributed by atoms with E-state index in [2.05, 4.69) is 35.9 Å². The number of benzene rings is 1. The Morgan fingerprint density at radius 1 is 1.14 bits per heavy atom. The van der Waals surface area contributed by atoms with Gasteiger partial charge in [-0.3, -0.25) is 9.78 Å². The third kappa shape index (κ3) is 6.54. The van der Waals surface area contributed by atoms with Crippen LogP contribution in [0.25, 0.3) is 0 Å². The standard InChI is InChI=1S/C18H19FN8O.ClH/c1-11(12-2-4-13(19)5-3-12)24-18-26-15(23-9-14(20)28)8-16(27-18)25-17-10-21-6-7-22-17;/h2-8,10-11H,9H2,1H3,(H2,20,28)(H3,22,23,24,25,26,27);1H/t11-;/m0./s1. The average Bonchev–Trinajstić information content (AvgIpc) is 2.67. The van der Waals surface area contributed by atoms with Crippen molar-refractivity contribution in [2.24, 2.45) is 5.73 Å². The third-order valence-corrected chi connectivity index (χ3v) is 3.70. The molecule has 0 aliphatic heterocycles. The molecule has 1 amide bonds. The molecule has 29 heavy (non-hydrogen) atoms. The van der Waals surface area contributed by atoms with Gasteiger partial charge in [-0.15, -0.1) is 12.4 Å². The molecular weight excluding hydrogens is 399 g/mol. The van der Waals surface area contributed by atoms with E-state index in [4.69, 9.17) is 5.73 Å². The fourth-order valence-electron chi connectivity index (χ4n) is 2.37. The van der Waals surface area contributed by atoms with Gasteiger partial charge in [0.2, 0.25) is 11.9 Å². The Morgan fingerprint density at radius 3 is 2.52 bits per heavy atom. The molecular formula is C18H20ClFN8O. The van der Waals surface area contributed by atoms with Crippen LogP contribution in [0.3, 0.4) is 0 Å². The third-order valence-electron chi connectivity index (χ3n) is 3.70. The van der Waals surface area contributed by atoms with E-state index in [9.17, 15) is 9.18 Å². The molecule has 0 aliphatic carbocycles. The van der Waals surface area contributed by atoms with Crippen LogP contribution in [0.4, 0.5) is 27.8 Å². The van der Waals surface area contributed by atoms with E-state index in [1.165, 1.54) is 12.1 Å². The Hall–Kier alpha value is -3.53. The number of anilines is 4. The number of nitrogens with one attached hydrogen (secondary N) is 3. The van der Waals surface area contributed by atoms with Crippen LogP contribution in [0, 0.1) is 5.82 Å². The molecule has 0 unspecified atom stereocenters. The second-order valence-electron chi connectivity index (χ2n) is 5.92. The minimum Gasteiger partial charge on any atom is -0.368 e. The highest BCUT2D eigenvalue weighted by molar-refractivity contribution is 5.85. The normalized spacial score (nSPS) is 11.1. The molecule has 0 bridgehead atoms. The molecule has 3 aromatic rings. The largest absolute Gasteiger partial charge is 0.368 e. The summed E-state index contributed by atoms with van der Waals surface area (Å²) in [6, 6.07) is 7.57. The summed E-state index contributed by atoms with van der Waals surface area (Å²) in [5.41, 5.74) is 6.05. The first-order valence-corrected chi connectivity index (χ1v) is 8.46.